The molecule has 3 nitrogen and oxygen atoms in total. The Labute approximate surface area is 123 Å². The molecule has 7 heteroatoms. The molecule has 1 rings (SSSR count). The third kappa shape index (κ3) is 5.50. The van der Waals surface area contributed by atoms with Crippen molar-refractivity contribution in [2.45, 2.75) is 38.4 Å². The molecule has 1 amide bonds. The molecule has 0 bridgehead atoms. The lowest BCUT2D eigenvalue weighted by atomic mass is 10.1. The maximum atomic E-state index is 12.8. The van der Waals surface area contributed by atoms with Gasteiger partial charge in [-0.15, -0.1) is 0 Å². The van der Waals surface area contributed by atoms with Gasteiger partial charge < -0.3 is 11.1 Å². The number of alkyl halides is 3. The van der Waals surface area contributed by atoms with E-state index in [0.29, 0.717) is 17.3 Å². The minimum atomic E-state index is -4.52. The first-order valence-corrected chi connectivity index (χ1v) is 6.91. The van der Waals surface area contributed by atoms with Crippen molar-refractivity contribution in [1.29, 1.82) is 0 Å². The van der Waals surface area contributed by atoms with Gasteiger partial charge in [-0.1, -0.05) is 15.9 Å². The Morgan fingerprint density at radius 1 is 1.45 bits per heavy atom. The number of hydrogen-bond acceptors (Lipinski definition) is 2. The molecule has 0 aromatic heterocycles. The van der Waals surface area contributed by atoms with Gasteiger partial charge in [-0.2, -0.15) is 13.2 Å². The molecule has 0 fully saturated rings. The Balaban J connectivity index is 2.75. The summed E-state index contributed by atoms with van der Waals surface area (Å²) in [6.45, 7) is 1.81. The zero-order chi connectivity index (χ0) is 15.3. The second kappa shape index (κ2) is 7.08. The fourth-order valence-corrected chi connectivity index (χ4v) is 2.02. The average Bonchev–Trinajstić information content (AvgIpc) is 2.29. The number of rotatable bonds is 5. The Morgan fingerprint density at radius 2 is 2.10 bits per heavy atom. The van der Waals surface area contributed by atoms with Crippen LogP contribution in [0, 0.1) is 0 Å². The summed E-state index contributed by atoms with van der Waals surface area (Å²) in [6.07, 6.45) is -3.17. The molecule has 0 aliphatic rings. The molecular weight excluding hydrogens is 337 g/mol. The number of hydrogen-bond donors (Lipinski definition) is 2. The highest BCUT2D eigenvalue weighted by Crippen LogP contribution is 2.36. The van der Waals surface area contributed by atoms with Crippen LogP contribution < -0.4 is 11.1 Å². The second-order valence-electron chi connectivity index (χ2n) is 4.61. The van der Waals surface area contributed by atoms with E-state index in [-0.39, 0.29) is 18.2 Å². The van der Waals surface area contributed by atoms with Crippen LogP contribution in [0.1, 0.15) is 31.7 Å². The van der Waals surface area contributed by atoms with E-state index in [1.165, 1.54) is 12.1 Å². The van der Waals surface area contributed by atoms with Crippen LogP contribution in [0.25, 0.3) is 0 Å². The second-order valence-corrected chi connectivity index (χ2v) is 5.52. The summed E-state index contributed by atoms with van der Waals surface area (Å²) < 4.78 is 38.8. The van der Waals surface area contributed by atoms with Crippen LogP contribution in [-0.4, -0.2) is 11.9 Å². The van der Waals surface area contributed by atoms with Gasteiger partial charge in [-0.05, 0) is 38.0 Å². The van der Waals surface area contributed by atoms with Crippen LogP contribution in [0.15, 0.2) is 22.7 Å². The summed E-state index contributed by atoms with van der Waals surface area (Å²) in [5.41, 5.74) is 4.45. The van der Waals surface area contributed by atoms with E-state index < -0.39 is 17.6 Å². The minimum absolute atomic E-state index is 0.0267. The molecule has 0 aliphatic heterocycles. The van der Waals surface area contributed by atoms with Crippen molar-refractivity contribution >= 4 is 27.5 Å². The molecule has 0 heterocycles. The van der Waals surface area contributed by atoms with Gasteiger partial charge in [0.05, 0.1) is 11.3 Å². The number of nitrogens with one attached hydrogen (secondary N) is 1. The van der Waals surface area contributed by atoms with E-state index in [1.54, 1.807) is 0 Å². The van der Waals surface area contributed by atoms with E-state index >= 15 is 0 Å². The maximum absolute atomic E-state index is 12.8. The van der Waals surface area contributed by atoms with Crippen LogP contribution in [-0.2, 0) is 11.0 Å². The zero-order valence-electron chi connectivity index (χ0n) is 10.9. The molecule has 0 aliphatic carbocycles. The number of carbonyl (C=O) groups is 1. The van der Waals surface area contributed by atoms with E-state index in [9.17, 15) is 18.0 Å². The summed E-state index contributed by atoms with van der Waals surface area (Å²) >= 11 is 2.99. The minimum Gasteiger partial charge on any atom is -0.328 e. The van der Waals surface area contributed by atoms with Crippen molar-refractivity contribution in [3.8, 4) is 0 Å². The van der Waals surface area contributed by atoms with E-state index in [0.717, 1.165) is 6.07 Å². The van der Waals surface area contributed by atoms with Crippen molar-refractivity contribution in [2.24, 2.45) is 5.73 Å². The molecule has 1 aromatic rings. The van der Waals surface area contributed by atoms with Gasteiger partial charge in [-0.3, -0.25) is 4.79 Å². The van der Waals surface area contributed by atoms with Crippen molar-refractivity contribution in [3.05, 3.63) is 28.2 Å². The Bertz CT molecular complexity index is 475. The molecule has 3 N–H and O–H groups in total. The molecule has 0 saturated carbocycles. The molecule has 1 unspecified atom stereocenters. The first-order valence-electron chi connectivity index (χ1n) is 6.12. The Kier molecular flexibility index (Phi) is 6.01. The highest BCUT2D eigenvalue weighted by molar-refractivity contribution is 9.10. The first kappa shape index (κ1) is 17.0. The van der Waals surface area contributed by atoms with E-state index in [4.69, 9.17) is 5.73 Å². The average molecular weight is 353 g/mol. The number of amides is 1. The first-order chi connectivity index (χ1) is 9.20. The van der Waals surface area contributed by atoms with Gasteiger partial charge in [0, 0.05) is 16.9 Å². The van der Waals surface area contributed by atoms with Gasteiger partial charge in [0.1, 0.15) is 0 Å². The van der Waals surface area contributed by atoms with Crippen LogP contribution in [0.4, 0.5) is 18.9 Å². The number of nitrogens with two attached hydrogens (primary N) is 1. The van der Waals surface area contributed by atoms with Crippen LogP contribution in [0.5, 0.6) is 0 Å². The lowest BCUT2D eigenvalue weighted by molar-refractivity contribution is -0.137. The van der Waals surface area contributed by atoms with Crippen LogP contribution in [0.2, 0.25) is 0 Å². The van der Waals surface area contributed by atoms with Gasteiger partial charge in [0.15, 0.2) is 0 Å². The molecule has 0 radical (unpaired) electrons. The summed E-state index contributed by atoms with van der Waals surface area (Å²) in [6, 6.07) is 3.60. The van der Waals surface area contributed by atoms with E-state index in [1.807, 2.05) is 6.92 Å². The molecule has 1 aromatic carbocycles. The van der Waals surface area contributed by atoms with Crippen molar-refractivity contribution in [2.75, 3.05) is 5.32 Å². The molecule has 20 heavy (non-hydrogen) atoms. The van der Waals surface area contributed by atoms with Gasteiger partial charge >= 0.3 is 6.18 Å². The molecule has 0 saturated heterocycles. The van der Waals surface area contributed by atoms with Crippen molar-refractivity contribution in [1.82, 2.24) is 0 Å². The highest BCUT2D eigenvalue weighted by atomic mass is 79.9. The molecular formula is C13H16BrF3N2O. The maximum Gasteiger partial charge on any atom is 0.418 e. The normalized spacial score (nSPS) is 13.1. The van der Waals surface area contributed by atoms with Crippen LogP contribution in [0.3, 0.4) is 0 Å². The summed E-state index contributed by atoms with van der Waals surface area (Å²) in [5, 5.41) is 2.30. The third-order valence-electron chi connectivity index (χ3n) is 2.62. The Morgan fingerprint density at radius 3 is 2.65 bits per heavy atom. The predicted molar refractivity (Wildman–Crippen MR) is 75.3 cm³/mol. The number of halogens is 4. The number of benzene rings is 1. The standard InChI is InChI=1S/C13H16BrF3N2O/c1-8(18)3-2-4-12(20)19-11-6-5-9(14)7-10(11)13(15,16)17/h5-8H,2-4,18H2,1H3,(H,19,20). The smallest absolute Gasteiger partial charge is 0.328 e. The van der Waals surface area contributed by atoms with E-state index in [2.05, 4.69) is 21.2 Å². The summed E-state index contributed by atoms with van der Waals surface area (Å²) in [7, 11) is 0. The Hall–Kier alpha value is -1.08. The quantitative estimate of drug-likeness (QED) is 0.843. The zero-order valence-corrected chi connectivity index (χ0v) is 12.5. The largest absolute Gasteiger partial charge is 0.418 e. The fourth-order valence-electron chi connectivity index (χ4n) is 1.66. The fraction of sp³-hybridized carbons (Fsp3) is 0.462. The van der Waals surface area contributed by atoms with Crippen molar-refractivity contribution in [3.63, 3.8) is 0 Å². The van der Waals surface area contributed by atoms with Gasteiger partial charge in [0.2, 0.25) is 5.91 Å². The van der Waals surface area contributed by atoms with Crippen LogP contribution >= 0.6 is 15.9 Å². The molecule has 112 valence electrons. The SMILES string of the molecule is CC(N)CCCC(=O)Nc1ccc(Br)cc1C(F)(F)F. The number of carbonyl (C=O) groups excluding carboxylic acids is 1. The van der Waals surface area contributed by atoms with Crippen molar-refractivity contribution < 1.29 is 18.0 Å². The molecule has 0 spiro atoms. The lowest BCUT2D eigenvalue weighted by Gasteiger charge is -2.14. The number of anilines is 1. The molecule has 1 atom stereocenters. The predicted octanol–water partition coefficient (Wildman–Crippen LogP) is 3.92. The summed E-state index contributed by atoms with van der Waals surface area (Å²) in [5.74, 6) is -0.446. The van der Waals surface area contributed by atoms with Gasteiger partial charge in [-0.25, -0.2) is 0 Å². The van der Waals surface area contributed by atoms with Gasteiger partial charge in [0.25, 0.3) is 0 Å². The topological polar surface area (TPSA) is 55.1 Å². The lowest BCUT2D eigenvalue weighted by Crippen LogP contribution is -2.18. The third-order valence-corrected chi connectivity index (χ3v) is 3.12. The summed E-state index contributed by atoms with van der Waals surface area (Å²) in [4.78, 5) is 11.6. The highest BCUT2D eigenvalue weighted by Gasteiger charge is 2.34. The monoisotopic (exact) mass is 352 g/mol.